The summed E-state index contributed by atoms with van der Waals surface area (Å²) in [5.41, 5.74) is 7.67. The number of hydrogen-bond acceptors (Lipinski definition) is 3. The third kappa shape index (κ3) is 2.27. The predicted octanol–water partition coefficient (Wildman–Crippen LogP) is 3.66. The first kappa shape index (κ1) is 12.1. The van der Waals surface area contributed by atoms with E-state index in [1.165, 1.54) is 22.3 Å². The summed E-state index contributed by atoms with van der Waals surface area (Å²) in [6.07, 6.45) is 4.37. The van der Waals surface area contributed by atoms with E-state index in [1.807, 2.05) is 6.07 Å². The first-order valence-electron chi connectivity index (χ1n) is 7.10. The molecule has 0 saturated heterocycles. The Morgan fingerprint density at radius 3 is 2.76 bits per heavy atom. The number of hydrogen-bond donors (Lipinski definition) is 1. The van der Waals surface area contributed by atoms with Gasteiger partial charge >= 0.3 is 0 Å². The van der Waals surface area contributed by atoms with Crippen LogP contribution in [-0.4, -0.2) is 9.97 Å². The summed E-state index contributed by atoms with van der Waals surface area (Å²) in [5, 5.41) is 3.43. The van der Waals surface area contributed by atoms with Crippen LogP contribution < -0.4 is 5.32 Å². The average Bonchev–Trinajstić information content (AvgIpc) is 2.91. The molecule has 21 heavy (non-hydrogen) atoms. The van der Waals surface area contributed by atoms with Crippen molar-refractivity contribution in [3.05, 3.63) is 77.9 Å². The normalized spacial score (nSPS) is 11.8. The lowest BCUT2D eigenvalue weighted by molar-refractivity contribution is 1.01. The van der Waals surface area contributed by atoms with Crippen molar-refractivity contribution in [2.75, 3.05) is 5.32 Å². The van der Waals surface area contributed by atoms with Crippen molar-refractivity contribution >= 4 is 5.69 Å². The molecule has 0 radical (unpaired) electrons. The Labute approximate surface area is 123 Å². The smallest absolute Gasteiger partial charge is 0.115 e. The molecule has 3 aromatic rings. The minimum Gasteiger partial charge on any atom is -0.379 e. The van der Waals surface area contributed by atoms with Crippen molar-refractivity contribution < 1.29 is 0 Å². The molecule has 4 rings (SSSR count). The SMILES string of the molecule is c1ccc2c(c1)Cc1cc(NCc3ccncn3)ccc1-2. The van der Waals surface area contributed by atoms with Crippen molar-refractivity contribution in [1.29, 1.82) is 0 Å². The van der Waals surface area contributed by atoms with E-state index in [9.17, 15) is 0 Å². The molecule has 0 amide bonds. The first-order chi connectivity index (χ1) is 10.4. The van der Waals surface area contributed by atoms with Crippen LogP contribution in [0.3, 0.4) is 0 Å². The van der Waals surface area contributed by atoms with Crippen LogP contribution in [0.15, 0.2) is 61.1 Å². The van der Waals surface area contributed by atoms with Gasteiger partial charge in [0.2, 0.25) is 0 Å². The molecule has 0 unspecified atom stereocenters. The van der Waals surface area contributed by atoms with Gasteiger partial charge in [0.1, 0.15) is 6.33 Å². The van der Waals surface area contributed by atoms with Gasteiger partial charge in [0.05, 0.1) is 12.2 Å². The predicted molar refractivity (Wildman–Crippen MR) is 84.0 cm³/mol. The first-order valence-corrected chi connectivity index (χ1v) is 7.10. The van der Waals surface area contributed by atoms with Crippen LogP contribution in [0.5, 0.6) is 0 Å². The molecule has 3 nitrogen and oxygen atoms in total. The number of benzene rings is 2. The highest BCUT2D eigenvalue weighted by atomic mass is 14.9. The van der Waals surface area contributed by atoms with Crippen LogP contribution in [0.2, 0.25) is 0 Å². The van der Waals surface area contributed by atoms with Crippen LogP contribution in [0.4, 0.5) is 5.69 Å². The molecular formula is C18H15N3. The molecule has 3 heteroatoms. The number of nitrogens with zero attached hydrogens (tertiary/aromatic N) is 2. The van der Waals surface area contributed by atoms with Crippen LogP contribution in [0.1, 0.15) is 16.8 Å². The highest BCUT2D eigenvalue weighted by Gasteiger charge is 2.17. The number of anilines is 1. The quantitative estimate of drug-likeness (QED) is 0.619. The molecule has 0 atom stereocenters. The molecule has 0 saturated carbocycles. The Hall–Kier alpha value is -2.68. The molecular weight excluding hydrogens is 258 g/mol. The van der Waals surface area contributed by atoms with Gasteiger partial charge in [0, 0.05) is 11.9 Å². The fourth-order valence-corrected chi connectivity index (χ4v) is 2.87. The Morgan fingerprint density at radius 2 is 1.86 bits per heavy atom. The van der Waals surface area contributed by atoms with Gasteiger partial charge in [-0.15, -0.1) is 0 Å². The van der Waals surface area contributed by atoms with Gasteiger partial charge < -0.3 is 5.32 Å². The van der Waals surface area contributed by atoms with E-state index in [0.29, 0.717) is 6.54 Å². The van der Waals surface area contributed by atoms with E-state index in [0.717, 1.165) is 17.8 Å². The van der Waals surface area contributed by atoms with E-state index in [-0.39, 0.29) is 0 Å². The topological polar surface area (TPSA) is 37.8 Å². The summed E-state index contributed by atoms with van der Waals surface area (Å²) in [7, 11) is 0. The zero-order valence-corrected chi connectivity index (χ0v) is 11.6. The van der Waals surface area contributed by atoms with E-state index in [2.05, 4.69) is 57.7 Å². The van der Waals surface area contributed by atoms with Crippen molar-refractivity contribution in [2.24, 2.45) is 0 Å². The number of fused-ring (bicyclic) bond motifs is 3. The molecule has 1 aliphatic carbocycles. The summed E-state index contributed by atoms with van der Waals surface area (Å²) in [6, 6.07) is 17.2. The van der Waals surface area contributed by atoms with Gasteiger partial charge in [-0.1, -0.05) is 30.3 Å². The van der Waals surface area contributed by atoms with Crippen LogP contribution in [-0.2, 0) is 13.0 Å². The van der Waals surface area contributed by atoms with Gasteiger partial charge in [0.25, 0.3) is 0 Å². The fourth-order valence-electron chi connectivity index (χ4n) is 2.87. The summed E-state index contributed by atoms with van der Waals surface area (Å²) < 4.78 is 0. The molecule has 0 aliphatic heterocycles. The van der Waals surface area contributed by atoms with Crippen LogP contribution in [0, 0.1) is 0 Å². The van der Waals surface area contributed by atoms with Crippen molar-refractivity contribution in [2.45, 2.75) is 13.0 Å². The van der Waals surface area contributed by atoms with E-state index in [1.54, 1.807) is 12.5 Å². The standard InChI is InChI=1S/C18H15N3/c1-2-4-17-13(3-1)9-14-10-15(5-6-18(14)17)20-11-16-7-8-19-12-21-16/h1-8,10,12,20H,9,11H2. The molecule has 0 spiro atoms. The molecule has 1 aromatic heterocycles. The lowest BCUT2D eigenvalue weighted by Gasteiger charge is -2.08. The molecule has 0 fully saturated rings. The zero-order valence-electron chi connectivity index (χ0n) is 11.6. The minimum atomic E-state index is 0.717. The van der Waals surface area contributed by atoms with E-state index in [4.69, 9.17) is 0 Å². The van der Waals surface area contributed by atoms with Crippen molar-refractivity contribution in [3.8, 4) is 11.1 Å². The second-order valence-corrected chi connectivity index (χ2v) is 5.26. The van der Waals surface area contributed by atoms with Crippen molar-refractivity contribution in [1.82, 2.24) is 9.97 Å². The third-order valence-corrected chi connectivity index (χ3v) is 3.91. The van der Waals surface area contributed by atoms with Gasteiger partial charge in [-0.3, -0.25) is 0 Å². The molecule has 1 heterocycles. The maximum absolute atomic E-state index is 4.23. The lowest BCUT2D eigenvalue weighted by atomic mass is 10.1. The second kappa shape index (κ2) is 5.02. The fraction of sp³-hybridized carbons (Fsp3) is 0.111. The Kier molecular flexibility index (Phi) is 2.89. The Morgan fingerprint density at radius 1 is 0.952 bits per heavy atom. The Bertz CT molecular complexity index is 781. The van der Waals surface area contributed by atoms with Gasteiger partial charge in [0.15, 0.2) is 0 Å². The molecule has 2 aromatic carbocycles. The summed E-state index contributed by atoms with van der Waals surface area (Å²) in [5.74, 6) is 0. The molecule has 102 valence electrons. The number of nitrogens with one attached hydrogen (secondary N) is 1. The highest BCUT2D eigenvalue weighted by Crippen LogP contribution is 2.37. The summed E-state index contributed by atoms with van der Waals surface area (Å²) in [6.45, 7) is 0.717. The lowest BCUT2D eigenvalue weighted by Crippen LogP contribution is -2.01. The van der Waals surface area contributed by atoms with Gasteiger partial charge in [-0.25, -0.2) is 9.97 Å². The van der Waals surface area contributed by atoms with Gasteiger partial charge in [-0.2, -0.15) is 0 Å². The third-order valence-electron chi connectivity index (χ3n) is 3.91. The zero-order chi connectivity index (χ0) is 14.1. The average molecular weight is 273 g/mol. The largest absolute Gasteiger partial charge is 0.379 e. The second-order valence-electron chi connectivity index (χ2n) is 5.26. The van der Waals surface area contributed by atoms with E-state index >= 15 is 0 Å². The van der Waals surface area contributed by atoms with Crippen LogP contribution in [0.25, 0.3) is 11.1 Å². The number of aromatic nitrogens is 2. The summed E-state index contributed by atoms with van der Waals surface area (Å²) in [4.78, 5) is 8.16. The van der Waals surface area contributed by atoms with Crippen LogP contribution >= 0.6 is 0 Å². The maximum atomic E-state index is 4.23. The monoisotopic (exact) mass is 273 g/mol. The maximum Gasteiger partial charge on any atom is 0.115 e. The Balaban J connectivity index is 1.56. The van der Waals surface area contributed by atoms with E-state index < -0.39 is 0 Å². The molecule has 0 bridgehead atoms. The van der Waals surface area contributed by atoms with Gasteiger partial charge in [-0.05, 0) is 46.9 Å². The number of rotatable bonds is 3. The van der Waals surface area contributed by atoms with Crippen molar-refractivity contribution in [3.63, 3.8) is 0 Å². The molecule has 1 aliphatic rings. The highest BCUT2D eigenvalue weighted by molar-refractivity contribution is 5.78. The molecule has 1 N–H and O–H groups in total. The minimum absolute atomic E-state index is 0.717. The summed E-state index contributed by atoms with van der Waals surface area (Å²) >= 11 is 0.